The number of aromatic nitrogens is 2. The molecule has 5 rings (SSSR count). The number of carbonyl (C=O) groups is 2. The van der Waals surface area contributed by atoms with E-state index >= 15 is 0 Å². The summed E-state index contributed by atoms with van der Waals surface area (Å²) < 4.78 is 11.7. The lowest BCUT2D eigenvalue weighted by Crippen LogP contribution is -2.01. The fourth-order valence-corrected chi connectivity index (χ4v) is 3.61. The van der Waals surface area contributed by atoms with Crippen LogP contribution in [-0.2, 0) is 13.2 Å². The van der Waals surface area contributed by atoms with Crippen molar-refractivity contribution in [3.8, 4) is 11.5 Å². The molecule has 2 heterocycles. The molecule has 0 aliphatic heterocycles. The van der Waals surface area contributed by atoms with E-state index in [0.29, 0.717) is 35.8 Å². The van der Waals surface area contributed by atoms with Gasteiger partial charge in [-0.25, -0.2) is 9.97 Å². The van der Waals surface area contributed by atoms with E-state index in [-0.39, 0.29) is 0 Å². The maximum absolute atomic E-state index is 10.8. The Balaban J connectivity index is 1.38. The Morgan fingerprint density at radius 1 is 0.529 bits per heavy atom. The molecule has 0 unspecified atom stereocenters. The van der Waals surface area contributed by atoms with Crippen LogP contribution < -0.4 is 9.47 Å². The summed E-state index contributed by atoms with van der Waals surface area (Å²) in [6, 6.07) is 25.9. The fraction of sp³-hybridized carbons (Fsp3) is 0.0714. The normalized spacial score (nSPS) is 10.8. The van der Waals surface area contributed by atoms with Crippen molar-refractivity contribution in [2.75, 3.05) is 0 Å². The maximum atomic E-state index is 10.8. The van der Waals surface area contributed by atoms with Gasteiger partial charge >= 0.3 is 0 Å². The molecule has 0 N–H and O–H groups in total. The molecule has 0 aliphatic rings. The first-order valence-corrected chi connectivity index (χ1v) is 10.8. The van der Waals surface area contributed by atoms with Crippen molar-refractivity contribution < 1.29 is 19.1 Å². The van der Waals surface area contributed by atoms with Gasteiger partial charge in [0.05, 0.1) is 22.4 Å². The minimum atomic E-state index is 0.298. The Morgan fingerprint density at radius 2 is 0.912 bits per heavy atom. The number of aldehydes is 2. The first-order valence-electron chi connectivity index (χ1n) is 10.8. The average Bonchev–Trinajstić information content (AvgIpc) is 2.91. The zero-order valence-corrected chi connectivity index (χ0v) is 18.2. The lowest BCUT2D eigenvalue weighted by molar-refractivity contribution is 0.111. The summed E-state index contributed by atoms with van der Waals surface area (Å²) in [5.41, 5.74) is 4.36. The first-order chi connectivity index (χ1) is 16.7. The molecule has 0 saturated carbocycles. The van der Waals surface area contributed by atoms with E-state index in [0.717, 1.165) is 45.8 Å². The highest BCUT2D eigenvalue weighted by Gasteiger charge is 2.08. The highest BCUT2D eigenvalue weighted by molar-refractivity contribution is 6.02. The lowest BCUT2D eigenvalue weighted by atomic mass is 10.1. The van der Waals surface area contributed by atoms with Crippen LogP contribution in [0, 0.1) is 0 Å². The Bertz CT molecular complexity index is 1360. The molecule has 166 valence electrons. The molecule has 2 aromatic heterocycles. The van der Waals surface area contributed by atoms with Gasteiger partial charge in [0.15, 0.2) is 0 Å². The predicted octanol–water partition coefficient (Wildman–Crippen LogP) is 5.57. The molecule has 0 radical (unpaired) electrons. The number of carbonyl (C=O) groups excluding carboxylic acids is 2. The van der Waals surface area contributed by atoms with Gasteiger partial charge in [-0.1, -0.05) is 24.3 Å². The number of ether oxygens (including phenoxy) is 2. The molecule has 34 heavy (non-hydrogen) atoms. The largest absolute Gasteiger partial charge is 0.487 e. The van der Waals surface area contributed by atoms with Gasteiger partial charge in [-0.3, -0.25) is 9.59 Å². The Morgan fingerprint density at radius 3 is 1.29 bits per heavy atom. The third kappa shape index (κ3) is 4.61. The molecule has 0 saturated heterocycles. The van der Waals surface area contributed by atoms with Crippen LogP contribution in [0.25, 0.3) is 21.8 Å². The molecule has 0 fully saturated rings. The van der Waals surface area contributed by atoms with Gasteiger partial charge in [-0.15, -0.1) is 0 Å². The van der Waals surface area contributed by atoms with Gasteiger partial charge in [-0.05, 0) is 60.7 Å². The molecule has 0 atom stereocenters. The van der Waals surface area contributed by atoms with Crippen LogP contribution in [-0.4, -0.2) is 22.5 Å². The smallest absolute Gasteiger partial charge is 0.150 e. The third-order valence-electron chi connectivity index (χ3n) is 5.44. The minimum Gasteiger partial charge on any atom is -0.487 e. The van der Waals surface area contributed by atoms with Crippen molar-refractivity contribution in [2.24, 2.45) is 0 Å². The zero-order chi connectivity index (χ0) is 23.3. The topological polar surface area (TPSA) is 78.4 Å². The second-order valence-corrected chi connectivity index (χ2v) is 7.77. The molecular formula is C28H20N2O4. The van der Waals surface area contributed by atoms with Crippen molar-refractivity contribution >= 4 is 34.4 Å². The highest BCUT2D eigenvalue weighted by Crippen LogP contribution is 2.24. The van der Waals surface area contributed by atoms with Gasteiger partial charge in [0.2, 0.25) is 0 Å². The van der Waals surface area contributed by atoms with E-state index in [2.05, 4.69) is 0 Å². The Kier molecular flexibility index (Phi) is 5.95. The second kappa shape index (κ2) is 9.50. The van der Waals surface area contributed by atoms with Gasteiger partial charge in [0.1, 0.15) is 37.3 Å². The second-order valence-electron chi connectivity index (χ2n) is 7.77. The summed E-state index contributed by atoms with van der Waals surface area (Å²) >= 11 is 0. The van der Waals surface area contributed by atoms with E-state index in [1.54, 1.807) is 48.5 Å². The highest BCUT2D eigenvalue weighted by atomic mass is 16.5. The number of pyridine rings is 2. The molecule has 0 amide bonds. The summed E-state index contributed by atoms with van der Waals surface area (Å²) in [4.78, 5) is 31.3. The summed E-state index contributed by atoms with van der Waals surface area (Å²) in [7, 11) is 0. The monoisotopic (exact) mass is 448 g/mol. The maximum Gasteiger partial charge on any atom is 0.150 e. The molecule has 3 aromatic carbocycles. The number of rotatable bonds is 8. The zero-order valence-electron chi connectivity index (χ0n) is 18.2. The van der Waals surface area contributed by atoms with Gasteiger partial charge in [0.25, 0.3) is 0 Å². The number of nitrogens with zero attached hydrogens (tertiary/aromatic N) is 2. The van der Waals surface area contributed by atoms with Crippen molar-refractivity contribution in [1.29, 1.82) is 0 Å². The summed E-state index contributed by atoms with van der Waals surface area (Å²) in [6.07, 6.45) is 1.60. The van der Waals surface area contributed by atoms with Crippen molar-refractivity contribution in [2.45, 2.75) is 13.2 Å². The van der Waals surface area contributed by atoms with Gasteiger partial charge in [-0.2, -0.15) is 0 Å². The third-order valence-corrected chi connectivity index (χ3v) is 5.44. The van der Waals surface area contributed by atoms with Crippen molar-refractivity contribution in [3.63, 3.8) is 0 Å². The summed E-state index contributed by atoms with van der Waals surface area (Å²) in [5, 5.41) is 1.98. The SMILES string of the molecule is O=Cc1ccc(OCc2ccc3ccc4ccc(COc5ccc(C=O)cc5)nc4c3n2)cc1. The molecule has 6 heteroatoms. The quantitative estimate of drug-likeness (QED) is 0.228. The van der Waals surface area contributed by atoms with Crippen LogP contribution in [0.5, 0.6) is 11.5 Å². The molecule has 6 nitrogen and oxygen atoms in total. The van der Waals surface area contributed by atoms with Gasteiger partial charge in [0, 0.05) is 21.9 Å². The van der Waals surface area contributed by atoms with Crippen LogP contribution in [0.15, 0.2) is 84.9 Å². The first kappa shape index (κ1) is 21.3. The van der Waals surface area contributed by atoms with E-state index in [1.165, 1.54) is 0 Å². The molecular weight excluding hydrogens is 428 g/mol. The fourth-order valence-electron chi connectivity index (χ4n) is 3.61. The molecule has 0 aliphatic carbocycles. The standard InChI is InChI=1S/C28H20N2O4/c31-15-19-1-11-25(12-2-19)33-17-23-9-7-21-5-6-22-8-10-24(30-28(22)27(21)29-23)18-34-26-13-3-20(16-32)4-14-26/h1-16H,17-18H2. The van der Waals surface area contributed by atoms with Crippen molar-refractivity contribution in [3.05, 3.63) is 107 Å². The van der Waals surface area contributed by atoms with Crippen LogP contribution in [0.3, 0.4) is 0 Å². The molecule has 0 bridgehead atoms. The predicted molar refractivity (Wildman–Crippen MR) is 129 cm³/mol. The van der Waals surface area contributed by atoms with Crippen LogP contribution in [0.1, 0.15) is 32.1 Å². The number of fused-ring (bicyclic) bond motifs is 3. The number of hydrogen-bond donors (Lipinski definition) is 0. The van der Waals surface area contributed by atoms with Gasteiger partial charge < -0.3 is 9.47 Å². The van der Waals surface area contributed by atoms with Crippen LogP contribution >= 0.6 is 0 Å². The van der Waals surface area contributed by atoms with Crippen molar-refractivity contribution in [1.82, 2.24) is 9.97 Å². The molecule has 5 aromatic rings. The number of benzene rings is 3. The number of hydrogen-bond acceptors (Lipinski definition) is 6. The Labute approximate surface area is 195 Å². The summed E-state index contributed by atoms with van der Waals surface area (Å²) in [6.45, 7) is 0.596. The van der Waals surface area contributed by atoms with E-state index in [4.69, 9.17) is 19.4 Å². The van der Waals surface area contributed by atoms with E-state index in [1.807, 2.05) is 36.4 Å². The van der Waals surface area contributed by atoms with E-state index < -0.39 is 0 Å². The molecule has 0 spiro atoms. The average molecular weight is 448 g/mol. The van der Waals surface area contributed by atoms with Crippen LogP contribution in [0.2, 0.25) is 0 Å². The van der Waals surface area contributed by atoms with Crippen LogP contribution in [0.4, 0.5) is 0 Å². The van der Waals surface area contributed by atoms with E-state index in [9.17, 15) is 9.59 Å². The Hall–Kier alpha value is -4.58. The minimum absolute atomic E-state index is 0.298. The summed E-state index contributed by atoms with van der Waals surface area (Å²) in [5.74, 6) is 1.34. The lowest BCUT2D eigenvalue weighted by Gasteiger charge is -2.10.